The van der Waals surface area contributed by atoms with Gasteiger partial charge < -0.3 is 4.74 Å². The summed E-state index contributed by atoms with van der Waals surface area (Å²) < 4.78 is 5.39. The Labute approximate surface area is 112 Å². The molecule has 0 aliphatic heterocycles. The summed E-state index contributed by atoms with van der Waals surface area (Å²) in [5.41, 5.74) is 0.477. The van der Waals surface area contributed by atoms with E-state index in [-0.39, 0.29) is 25.4 Å². The van der Waals surface area contributed by atoms with Crippen LogP contribution in [0.15, 0.2) is 24.3 Å². The van der Waals surface area contributed by atoms with E-state index in [2.05, 4.69) is 0 Å². The summed E-state index contributed by atoms with van der Waals surface area (Å²) in [6.45, 7) is 2.46. The van der Waals surface area contributed by atoms with Crippen LogP contribution in [0.1, 0.15) is 17.3 Å². The number of nitriles is 2. The molecular weight excluding hydrogens is 242 g/mol. The molecule has 19 heavy (non-hydrogen) atoms. The SMILES string of the molecule is CCOc1ccccc1C(=O)CN(CC#N)CC#N. The van der Waals surface area contributed by atoms with E-state index in [1.54, 1.807) is 24.3 Å². The number of ketones is 1. The van der Waals surface area contributed by atoms with E-state index in [1.165, 1.54) is 4.90 Å². The van der Waals surface area contributed by atoms with Gasteiger partial charge in [0.1, 0.15) is 5.75 Å². The van der Waals surface area contributed by atoms with Crippen molar-refractivity contribution >= 4 is 5.78 Å². The van der Waals surface area contributed by atoms with Crippen molar-refractivity contribution in [3.8, 4) is 17.9 Å². The number of hydrogen-bond acceptors (Lipinski definition) is 5. The van der Waals surface area contributed by atoms with Gasteiger partial charge in [0, 0.05) is 0 Å². The van der Waals surface area contributed by atoms with Crippen LogP contribution in [0.3, 0.4) is 0 Å². The van der Waals surface area contributed by atoms with Gasteiger partial charge in [-0.15, -0.1) is 0 Å². The van der Waals surface area contributed by atoms with E-state index in [0.29, 0.717) is 17.9 Å². The lowest BCUT2D eigenvalue weighted by atomic mass is 10.1. The number of carbonyl (C=O) groups excluding carboxylic acids is 1. The molecule has 5 heteroatoms. The van der Waals surface area contributed by atoms with Gasteiger partial charge >= 0.3 is 0 Å². The van der Waals surface area contributed by atoms with Gasteiger partial charge in [-0.05, 0) is 19.1 Å². The lowest BCUT2D eigenvalue weighted by molar-refractivity contribution is 0.0942. The van der Waals surface area contributed by atoms with Crippen molar-refractivity contribution in [3.05, 3.63) is 29.8 Å². The third-order valence-corrected chi connectivity index (χ3v) is 2.44. The maximum Gasteiger partial charge on any atom is 0.180 e. The zero-order valence-corrected chi connectivity index (χ0v) is 10.8. The van der Waals surface area contributed by atoms with E-state index in [0.717, 1.165) is 0 Å². The summed E-state index contributed by atoms with van der Waals surface area (Å²) >= 11 is 0. The minimum Gasteiger partial charge on any atom is -0.493 e. The van der Waals surface area contributed by atoms with Crippen LogP contribution in [0.4, 0.5) is 0 Å². The summed E-state index contributed by atoms with van der Waals surface area (Å²) in [6, 6.07) is 10.9. The van der Waals surface area contributed by atoms with Crippen LogP contribution in [0.2, 0.25) is 0 Å². The zero-order valence-electron chi connectivity index (χ0n) is 10.8. The molecule has 0 saturated carbocycles. The molecule has 0 N–H and O–H groups in total. The Morgan fingerprint density at radius 2 is 1.89 bits per heavy atom. The predicted octanol–water partition coefficient (Wildman–Crippen LogP) is 1.62. The molecule has 0 spiro atoms. The molecule has 0 aromatic heterocycles. The topological polar surface area (TPSA) is 77.1 Å². The van der Waals surface area contributed by atoms with E-state index < -0.39 is 0 Å². The molecular formula is C14H15N3O2. The fourth-order valence-corrected chi connectivity index (χ4v) is 1.63. The zero-order chi connectivity index (χ0) is 14.1. The van der Waals surface area contributed by atoms with Crippen LogP contribution >= 0.6 is 0 Å². The highest BCUT2D eigenvalue weighted by Crippen LogP contribution is 2.18. The van der Waals surface area contributed by atoms with Gasteiger partial charge in [0.05, 0.1) is 43.9 Å². The van der Waals surface area contributed by atoms with E-state index >= 15 is 0 Å². The third-order valence-electron chi connectivity index (χ3n) is 2.44. The number of hydrogen-bond donors (Lipinski definition) is 0. The molecule has 1 aromatic carbocycles. The van der Waals surface area contributed by atoms with E-state index in [1.807, 2.05) is 19.1 Å². The average molecular weight is 257 g/mol. The summed E-state index contributed by atoms with van der Waals surface area (Å²) in [5.74, 6) is 0.374. The molecule has 0 amide bonds. The second-order valence-corrected chi connectivity index (χ2v) is 3.81. The molecule has 0 radical (unpaired) electrons. The summed E-state index contributed by atoms with van der Waals surface area (Å²) in [4.78, 5) is 13.7. The van der Waals surface area contributed by atoms with E-state index in [9.17, 15) is 4.79 Å². The normalized spacial score (nSPS) is 9.68. The molecule has 5 nitrogen and oxygen atoms in total. The molecule has 1 rings (SSSR count). The Hall–Kier alpha value is -2.37. The largest absolute Gasteiger partial charge is 0.493 e. The fourth-order valence-electron chi connectivity index (χ4n) is 1.63. The molecule has 1 aromatic rings. The molecule has 0 saturated heterocycles. The van der Waals surface area contributed by atoms with Gasteiger partial charge in [0.2, 0.25) is 0 Å². The number of carbonyl (C=O) groups is 1. The Morgan fingerprint density at radius 1 is 1.26 bits per heavy atom. The molecule has 0 fully saturated rings. The maximum atomic E-state index is 12.2. The maximum absolute atomic E-state index is 12.2. The lowest BCUT2D eigenvalue weighted by Gasteiger charge is -2.15. The van der Waals surface area contributed by atoms with Gasteiger partial charge in [-0.2, -0.15) is 10.5 Å². The minimum atomic E-state index is -0.158. The number of Topliss-reactive ketones (excluding diaryl/α,β-unsaturated/α-hetero) is 1. The predicted molar refractivity (Wildman–Crippen MR) is 69.6 cm³/mol. The number of nitrogens with zero attached hydrogens (tertiary/aromatic N) is 3. The van der Waals surface area contributed by atoms with Gasteiger partial charge in [-0.25, -0.2) is 0 Å². The molecule has 98 valence electrons. The standard InChI is InChI=1S/C14H15N3O2/c1-2-19-14-6-4-3-5-12(14)13(18)11-17(9-7-15)10-8-16/h3-6H,2,9-11H2,1H3. The smallest absolute Gasteiger partial charge is 0.180 e. The lowest BCUT2D eigenvalue weighted by Crippen LogP contribution is -2.31. The monoisotopic (exact) mass is 257 g/mol. The molecule has 0 aliphatic carbocycles. The molecule has 0 heterocycles. The number of rotatable bonds is 7. The summed E-state index contributed by atoms with van der Waals surface area (Å²) in [5, 5.41) is 17.3. The Balaban J connectivity index is 2.82. The van der Waals surface area contributed by atoms with Crippen molar-refractivity contribution in [2.45, 2.75) is 6.92 Å². The molecule has 0 atom stereocenters. The number of ether oxygens (including phenoxy) is 1. The van der Waals surface area contributed by atoms with Crippen molar-refractivity contribution in [3.63, 3.8) is 0 Å². The highest BCUT2D eigenvalue weighted by Gasteiger charge is 2.15. The average Bonchev–Trinajstić information content (AvgIpc) is 2.40. The van der Waals surface area contributed by atoms with E-state index in [4.69, 9.17) is 15.3 Å². The van der Waals surface area contributed by atoms with Crippen LogP contribution in [-0.4, -0.2) is 36.9 Å². The first-order valence-electron chi connectivity index (χ1n) is 5.94. The highest BCUT2D eigenvalue weighted by atomic mass is 16.5. The van der Waals surface area contributed by atoms with Crippen LogP contribution in [-0.2, 0) is 0 Å². The fraction of sp³-hybridized carbons (Fsp3) is 0.357. The minimum absolute atomic E-state index is 0.0329. The van der Waals surface area contributed by atoms with Gasteiger partial charge in [0.25, 0.3) is 0 Å². The van der Waals surface area contributed by atoms with Crippen LogP contribution in [0.5, 0.6) is 5.75 Å². The molecule has 0 unspecified atom stereocenters. The van der Waals surface area contributed by atoms with Gasteiger partial charge in [0.15, 0.2) is 5.78 Å². The molecule has 0 aliphatic rings. The summed E-state index contributed by atoms with van der Waals surface area (Å²) in [7, 11) is 0. The quantitative estimate of drug-likeness (QED) is 0.548. The van der Waals surface area contributed by atoms with Crippen molar-refractivity contribution in [2.75, 3.05) is 26.2 Å². The van der Waals surface area contributed by atoms with Crippen LogP contribution < -0.4 is 4.74 Å². The van der Waals surface area contributed by atoms with Crippen molar-refractivity contribution in [1.82, 2.24) is 4.90 Å². The first-order valence-corrected chi connectivity index (χ1v) is 5.94. The number of para-hydroxylation sites is 1. The van der Waals surface area contributed by atoms with Gasteiger partial charge in [-0.1, -0.05) is 12.1 Å². The first-order chi connectivity index (χ1) is 9.22. The van der Waals surface area contributed by atoms with Crippen LogP contribution in [0, 0.1) is 22.7 Å². The van der Waals surface area contributed by atoms with Gasteiger partial charge in [-0.3, -0.25) is 9.69 Å². The number of benzene rings is 1. The van der Waals surface area contributed by atoms with Crippen molar-refractivity contribution in [2.24, 2.45) is 0 Å². The Bertz CT molecular complexity index is 498. The second kappa shape index (κ2) is 7.86. The van der Waals surface area contributed by atoms with Crippen molar-refractivity contribution < 1.29 is 9.53 Å². The third kappa shape index (κ3) is 4.42. The first kappa shape index (κ1) is 14.7. The molecule has 0 bridgehead atoms. The Kier molecular flexibility index (Phi) is 6.08. The summed E-state index contributed by atoms with van der Waals surface area (Å²) in [6.07, 6.45) is 0. The highest BCUT2D eigenvalue weighted by molar-refractivity contribution is 6.00. The van der Waals surface area contributed by atoms with Crippen LogP contribution in [0.25, 0.3) is 0 Å². The second-order valence-electron chi connectivity index (χ2n) is 3.81. The van der Waals surface area contributed by atoms with Crippen molar-refractivity contribution in [1.29, 1.82) is 10.5 Å². The Morgan fingerprint density at radius 3 is 2.47 bits per heavy atom.